The summed E-state index contributed by atoms with van der Waals surface area (Å²) in [7, 11) is 0. The lowest BCUT2D eigenvalue weighted by Gasteiger charge is -2.05. The van der Waals surface area contributed by atoms with Crippen molar-refractivity contribution < 1.29 is 14.7 Å². The SMILES string of the molecule is CC(=O)NCCc1ccc(Cl)c(C(=O)O)c1. The molecule has 1 amide bonds. The minimum absolute atomic E-state index is 0.0852. The Balaban J connectivity index is 2.71. The topological polar surface area (TPSA) is 66.4 Å². The fraction of sp³-hybridized carbons (Fsp3) is 0.273. The van der Waals surface area contributed by atoms with Gasteiger partial charge in [-0.3, -0.25) is 4.79 Å². The highest BCUT2D eigenvalue weighted by molar-refractivity contribution is 6.33. The average molecular weight is 242 g/mol. The van der Waals surface area contributed by atoms with Crippen molar-refractivity contribution in [2.45, 2.75) is 13.3 Å². The van der Waals surface area contributed by atoms with E-state index in [0.29, 0.717) is 13.0 Å². The van der Waals surface area contributed by atoms with Gasteiger partial charge in [-0.15, -0.1) is 0 Å². The van der Waals surface area contributed by atoms with Gasteiger partial charge < -0.3 is 10.4 Å². The Bertz CT molecular complexity index is 418. The molecule has 0 fully saturated rings. The summed E-state index contributed by atoms with van der Waals surface area (Å²) in [5.74, 6) is -1.15. The Kier molecular flexibility index (Phi) is 4.31. The maximum atomic E-state index is 10.8. The van der Waals surface area contributed by atoms with Gasteiger partial charge in [0.25, 0.3) is 0 Å². The van der Waals surface area contributed by atoms with Gasteiger partial charge in [-0.2, -0.15) is 0 Å². The maximum Gasteiger partial charge on any atom is 0.337 e. The van der Waals surface area contributed by atoms with Crippen molar-refractivity contribution in [1.29, 1.82) is 0 Å². The largest absolute Gasteiger partial charge is 0.478 e. The van der Waals surface area contributed by atoms with Crippen LogP contribution in [-0.4, -0.2) is 23.5 Å². The Morgan fingerprint density at radius 3 is 2.69 bits per heavy atom. The zero-order valence-electron chi connectivity index (χ0n) is 8.79. The molecule has 0 radical (unpaired) electrons. The molecule has 4 nitrogen and oxygen atoms in total. The quantitative estimate of drug-likeness (QED) is 0.844. The van der Waals surface area contributed by atoms with Gasteiger partial charge >= 0.3 is 5.97 Å². The van der Waals surface area contributed by atoms with Gasteiger partial charge in [0.2, 0.25) is 5.91 Å². The molecule has 0 aliphatic rings. The summed E-state index contributed by atoms with van der Waals surface area (Å²) in [6.45, 7) is 1.92. The molecule has 0 saturated heterocycles. The van der Waals surface area contributed by atoms with Gasteiger partial charge in [0.15, 0.2) is 0 Å². The predicted octanol–water partition coefficient (Wildman–Crippen LogP) is 1.72. The van der Waals surface area contributed by atoms with Crippen molar-refractivity contribution in [2.75, 3.05) is 6.54 Å². The van der Waals surface area contributed by atoms with Crippen LogP contribution in [0.5, 0.6) is 0 Å². The molecular weight excluding hydrogens is 230 g/mol. The Labute approximate surface area is 98.2 Å². The Morgan fingerprint density at radius 2 is 2.12 bits per heavy atom. The predicted molar refractivity (Wildman–Crippen MR) is 60.8 cm³/mol. The molecule has 2 N–H and O–H groups in total. The summed E-state index contributed by atoms with van der Waals surface area (Å²) >= 11 is 5.73. The first-order valence-electron chi connectivity index (χ1n) is 4.77. The molecule has 0 bridgehead atoms. The number of benzene rings is 1. The van der Waals surface area contributed by atoms with E-state index in [9.17, 15) is 9.59 Å². The molecule has 0 aromatic heterocycles. The third-order valence-corrected chi connectivity index (χ3v) is 2.38. The lowest BCUT2D eigenvalue weighted by Crippen LogP contribution is -2.22. The third-order valence-electron chi connectivity index (χ3n) is 2.05. The van der Waals surface area contributed by atoms with Crippen LogP contribution >= 0.6 is 11.6 Å². The first kappa shape index (κ1) is 12.5. The zero-order valence-corrected chi connectivity index (χ0v) is 9.54. The lowest BCUT2D eigenvalue weighted by atomic mass is 10.1. The molecule has 1 rings (SSSR count). The summed E-state index contributed by atoms with van der Waals surface area (Å²) in [5, 5.41) is 11.7. The third kappa shape index (κ3) is 3.55. The van der Waals surface area contributed by atoms with Gasteiger partial charge in [-0.05, 0) is 24.1 Å². The van der Waals surface area contributed by atoms with E-state index in [0.717, 1.165) is 5.56 Å². The van der Waals surface area contributed by atoms with E-state index in [2.05, 4.69) is 5.32 Å². The number of aromatic carboxylic acids is 1. The van der Waals surface area contributed by atoms with Gasteiger partial charge in [-0.25, -0.2) is 4.79 Å². The van der Waals surface area contributed by atoms with Crippen LogP contribution in [0, 0.1) is 0 Å². The monoisotopic (exact) mass is 241 g/mol. The normalized spacial score (nSPS) is 9.88. The molecule has 0 spiro atoms. The summed E-state index contributed by atoms with van der Waals surface area (Å²) < 4.78 is 0. The number of carboxylic acid groups (broad SMARTS) is 1. The van der Waals surface area contributed by atoms with Gasteiger partial charge in [0.1, 0.15) is 0 Å². The molecule has 0 aliphatic carbocycles. The first-order chi connectivity index (χ1) is 7.50. The van der Waals surface area contributed by atoms with E-state index >= 15 is 0 Å². The number of nitrogens with one attached hydrogen (secondary N) is 1. The van der Waals surface area contributed by atoms with Gasteiger partial charge in [0.05, 0.1) is 10.6 Å². The van der Waals surface area contributed by atoms with Crippen LogP contribution in [-0.2, 0) is 11.2 Å². The number of halogens is 1. The second-order valence-electron chi connectivity index (χ2n) is 3.35. The smallest absolute Gasteiger partial charge is 0.337 e. The van der Waals surface area contributed by atoms with Crippen molar-refractivity contribution in [3.63, 3.8) is 0 Å². The van der Waals surface area contributed by atoms with Gasteiger partial charge in [0, 0.05) is 13.5 Å². The highest BCUT2D eigenvalue weighted by Crippen LogP contribution is 2.17. The highest BCUT2D eigenvalue weighted by atomic mass is 35.5. The molecule has 1 aromatic carbocycles. The number of carbonyl (C=O) groups excluding carboxylic acids is 1. The number of rotatable bonds is 4. The van der Waals surface area contributed by atoms with E-state index in [-0.39, 0.29) is 16.5 Å². The van der Waals surface area contributed by atoms with E-state index in [1.165, 1.54) is 13.0 Å². The van der Waals surface area contributed by atoms with Crippen LogP contribution in [0.2, 0.25) is 5.02 Å². The number of carbonyl (C=O) groups is 2. The summed E-state index contributed by atoms with van der Waals surface area (Å²) in [5.41, 5.74) is 0.914. The molecule has 0 atom stereocenters. The van der Waals surface area contributed by atoms with Crippen LogP contribution in [0.15, 0.2) is 18.2 Å². The molecule has 0 unspecified atom stereocenters. The van der Waals surface area contributed by atoms with Crippen molar-refractivity contribution in [2.24, 2.45) is 0 Å². The van der Waals surface area contributed by atoms with Crippen LogP contribution in [0.3, 0.4) is 0 Å². The molecule has 0 aliphatic heterocycles. The molecule has 86 valence electrons. The van der Waals surface area contributed by atoms with Crippen LogP contribution < -0.4 is 5.32 Å². The Hall–Kier alpha value is -1.55. The van der Waals surface area contributed by atoms with Crippen LogP contribution in [0.4, 0.5) is 0 Å². The molecule has 16 heavy (non-hydrogen) atoms. The standard InChI is InChI=1S/C11H12ClNO3/c1-7(14)13-5-4-8-2-3-10(12)9(6-8)11(15)16/h2-3,6H,4-5H2,1H3,(H,13,14)(H,15,16). The van der Waals surface area contributed by atoms with Gasteiger partial charge in [-0.1, -0.05) is 17.7 Å². The highest BCUT2D eigenvalue weighted by Gasteiger charge is 2.09. The summed E-state index contributed by atoms with van der Waals surface area (Å²) in [6, 6.07) is 4.82. The number of carboxylic acids is 1. The van der Waals surface area contributed by atoms with E-state index in [4.69, 9.17) is 16.7 Å². The maximum absolute atomic E-state index is 10.8. The van der Waals surface area contributed by atoms with Crippen molar-refractivity contribution in [3.05, 3.63) is 34.3 Å². The van der Waals surface area contributed by atoms with Crippen molar-refractivity contribution >= 4 is 23.5 Å². The zero-order chi connectivity index (χ0) is 12.1. The second-order valence-corrected chi connectivity index (χ2v) is 3.76. The molecule has 0 saturated carbocycles. The fourth-order valence-electron chi connectivity index (χ4n) is 1.27. The summed E-state index contributed by atoms with van der Waals surface area (Å²) in [6.07, 6.45) is 0.580. The van der Waals surface area contributed by atoms with E-state index < -0.39 is 5.97 Å². The second kappa shape index (κ2) is 5.51. The minimum atomic E-state index is -1.05. The first-order valence-corrected chi connectivity index (χ1v) is 5.14. The van der Waals surface area contributed by atoms with Crippen molar-refractivity contribution in [3.8, 4) is 0 Å². The summed E-state index contributed by atoms with van der Waals surface area (Å²) in [4.78, 5) is 21.4. The average Bonchev–Trinajstić information content (AvgIpc) is 2.19. The number of hydrogen-bond donors (Lipinski definition) is 2. The molecule has 0 heterocycles. The Morgan fingerprint density at radius 1 is 1.44 bits per heavy atom. The molecule has 5 heteroatoms. The van der Waals surface area contributed by atoms with Crippen LogP contribution in [0.1, 0.15) is 22.8 Å². The fourth-order valence-corrected chi connectivity index (χ4v) is 1.47. The lowest BCUT2D eigenvalue weighted by molar-refractivity contribution is -0.118. The van der Waals surface area contributed by atoms with Crippen molar-refractivity contribution in [1.82, 2.24) is 5.32 Å². The molecule has 1 aromatic rings. The molecular formula is C11H12ClNO3. The number of hydrogen-bond acceptors (Lipinski definition) is 2. The minimum Gasteiger partial charge on any atom is -0.478 e. The van der Waals surface area contributed by atoms with E-state index in [1.54, 1.807) is 12.1 Å². The van der Waals surface area contributed by atoms with E-state index in [1.807, 2.05) is 0 Å². The van der Waals surface area contributed by atoms with Crippen LogP contribution in [0.25, 0.3) is 0 Å². The number of amides is 1.